The van der Waals surface area contributed by atoms with E-state index in [9.17, 15) is 0 Å². The van der Waals surface area contributed by atoms with Crippen molar-refractivity contribution in [3.8, 4) is 17.2 Å². The van der Waals surface area contributed by atoms with Crippen molar-refractivity contribution in [1.82, 2.24) is 15.1 Å². The lowest BCUT2D eigenvalue weighted by Crippen LogP contribution is -2.43. The van der Waals surface area contributed by atoms with Gasteiger partial charge in [0, 0.05) is 43.5 Å². The quantitative estimate of drug-likeness (QED) is 0.580. The number of likely N-dealkylation sites (tertiary alicyclic amines) is 1. The third-order valence-electron chi connectivity index (χ3n) is 6.66. The van der Waals surface area contributed by atoms with Crippen LogP contribution in [0.25, 0.3) is 10.8 Å². The maximum atomic E-state index is 5.52. The van der Waals surface area contributed by atoms with Crippen LogP contribution >= 0.6 is 0 Å². The molecular weight excluding hydrogens is 404 g/mol. The van der Waals surface area contributed by atoms with Gasteiger partial charge in [-0.2, -0.15) is 5.10 Å². The van der Waals surface area contributed by atoms with Gasteiger partial charge in [-0.25, -0.2) is 0 Å². The molecule has 0 radical (unpaired) electrons. The highest BCUT2D eigenvalue weighted by Gasteiger charge is 2.25. The Morgan fingerprint density at radius 1 is 1.03 bits per heavy atom. The molecule has 5 rings (SSSR count). The van der Waals surface area contributed by atoms with Crippen molar-refractivity contribution in [2.75, 3.05) is 38.9 Å². The summed E-state index contributed by atoms with van der Waals surface area (Å²) in [5, 5.41) is 11.4. The number of benzene rings is 2. The zero-order chi connectivity index (χ0) is 22.1. The molecule has 0 saturated carbocycles. The average Bonchev–Trinajstić information content (AvgIpc) is 3.31. The number of anilines is 1. The van der Waals surface area contributed by atoms with Crippen LogP contribution in [0, 0.1) is 0 Å². The smallest absolute Gasteiger partial charge is 0.231 e. The van der Waals surface area contributed by atoms with Crippen LogP contribution < -0.4 is 19.1 Å². The first kappa shape index (κ1) is 20.8. The molecule has 0 unspecified atom stereocenters. The van der Waals surface area contributed by atoms with Crippen LogP contribution in [0.4, 0.5) is 5.82 Å². The van der Waals surface area contributed by atoms with Crippen LogP contribution in [-0.4, -0.2) is 55.2 Å². The number of ether oxygens (including phenoxy) is 3. The number of piperidine rings is 1. The van der Waals surface area contributed by atoms with E-state index in [1.165, 1.54) is 5.56 Å². The van der Waals surface area contributed by atoms with Crippen LogP contribution in [0.15, 0.2) is 36.4 Å². The summed E-state index contributed by atoms with van der Waals surface area (Å²) in [4.78, 5) is 4.82. The van der Waals surface area contributed by atoms with Crippen molar-refractivity contribution in [1.29, 1.82) is 0 Å². The first-order valence-electron chi connectivity index (χ1n) is 11.3. The van der Waals surface area contributed by atoms with Gasteiger partial charge in [0.15, 0.2) is 17.3 Å². The van der Waals surface area contributed by atoms with Crippen molar-refractivity contribution in [3.05, 3.63) is 47.7 Å². The molecule has 7 nitrogen and oxygen atoms in total. The topological polar surface area (TPSA) is 60.0 Å². The van der Waals surface area contributed by atoms with E-state index < -0.39 is 0 Å². The largest absolute Gasteiger partial charge is 0.497 e. The summed E-state index contributed by atoms with van der Waals surface area (Å²) in [5.41, 5.74) is 2.29. The van der Waals surface area contributed by atoms with E-state index in [-0.39, 0.29) is 0 Å². The highest BCUT2D eigenvalue weighted by Crippen LogP contribution is 2.34. The fourth-order valence-electron chi connectivity index (χ4n) is 4.76. The zero-order valence-electron chi connectivity index (χ0n) is 19.0. The summed E-state index contributed by atoms with van der Waals surface area (Å²) in [5.74, 6) is 3.48. The number of hydrogen-bond acceptors (Lipinski definition) is 7. The van der Waals surface area contributed by atoms with Gasteiger partial charge in [0.1, 0.15) is 5.75 Å². The molecule has 0 N–H and O–H groups in total. The summed E-state index contributed by atoms with van der Waals surface area (Å²) in [7, 11) is 3.85. The predicted molar refractivity (Wildman–Crippen MR) is 125 cm³/mol. The van der Waals surface area contributed by atoms with Crippen molar-refractivity contribution in [3.63, 3.8) is 0 Å². The molecule has 32 heavy (non-hydrogen) atoms. The van der Waals surface area contributed by atoms with Gasteiger partial charge in [-0.15, -0.1) is 5.10 Å². The molecular formula is C25H30N4O3. The van der Waals surface area contributed by atoms with Crippen molar-refractivity contribution in [2.24, 2.45) is 0 Å². The van der Waals surface area contributed by atoms with Gasteiger partial charge < -0.3 is 19.1 Å². The van der Waals surface area contributed by atoms with E-state index in [4.69, 9.17) is 14.2 Å². The lowest BCUT2D eigenvalue weighted by Gasteiger charge is -2.37. The van der Waals surface area contributed by atoms with Gasteiger partial charge >= 0.3 is 0 Å². The van der Waals surface area contributed by atoms with Gasteiger partial charge in [0.2, 0.25) is 6.79 Å². The van der Waals surface area contributed by atoms with Crippen LogP contribution in [0.5, 0.6) is 17.2 Å². The molecule has 1 saturated heterocycles. The maximum absolute atomic E-state index is 5.52. The number of nitrogens with zero attached hydrogens (tertiary/aromatic N) is 4. The minimum Gasteiger partial charge on any atom is -0.497 e. The van der Waals surface area contributed by atoms with Crippen molar-refractivity contribution in [2.45, 2.75) is 38.8 Å². The fourth-order valence-corrected chi connectivity index (χ4v) is 4.76. The lowest BCUT2D eigenvalue weighted by atomic mass is 10.0. The number of aryl methyl sites for hydroxylation is 1. The molecule has 0 amide bonds. The van der Waals surface area contributed by atoms with Crippen molar-refractivity contribution >= 4 is 16.6 Å². The van der Waals surface area contributed by atoms with E-state index in [1.807, 2.05) is 12.1 Å². The monoisotopic (exact) mass is 434 g/mol. The van der Waals surface area contributed by atoms with E-state index in [0.717, 1.165) is 78.4 Å². The second kappa shape index (κ2) is 8.82. The van der Waals surface area contributed by atoms with Gasteiger partial charge in [-0.05, 0) is 55.2 Å². The van der Waals surface area contributed by atoms with E-state index in [0.29, 0.717) is 12.8 Å². The molecule has 0 bridgehead atoms. The second-order valence-electron chi connectivity index (χ2n) is 8.54. The second-order valence-corrected chi connectivity index (χ2v) is 8.54. The Balaban J connectivity index is 1.29. The van der Waals surface area contributed by atoms with Crippen molar-refractivity contribution < 1.29 is 14.2 Å². The Hall–Kier alpha value is -3.06. The molecule has 0 aliphatic carbocycles. The summed E-state index contributed by atoms with van der Waals surface area (Å²) in [6.45, 7) is 5.46. The molecule has 2 aromatic carbocycles. The van der Waals surface area contributed by atoms with Crippen LogP contribution in [-0.2, 0) is 13.0 Å². The standard InChI is InChI=1S/C25H30N4O3/c1-4-22-20-7-6-19(30-3)14-21(20)25(27-26-22)28(2)18-9-11-29(12-10-18)15-17-5-8-23-24(13-17)32-16-31-23/h5-8,13-14,18H,4,9-12,15-16H2,1-3H3. The Morgan fingerprint density at radius 2 is 1.84 bits per heavy atom. The van der Waals surface area contributed by atoms with Gasteiger partial charge in [0.25, 0.3) is 0 Å². The molecule has 2 aliphatic heterocycles. The number of hydrogen-bond donors (Lipinski definition) is 0. The zero-order valence-corrected chi connectivity index (χ0v) is 19.0. The summed E-state index contributed by atoms with van der Waals surface area (Å²) in [6.07, 6.45) is 3.03. The van der Waals surface area contributed by atoms with Gasteiger partial charge in [-0.3, -0.25) is 4.90 Å². The number of rotatable bonds is 6. The Labute approximate surface area is 188 Å². The first-order valence-corrected chi connectivity index (χ1v) is 11.3. The predicted octanol–water partition coefficient (Wildman–Crippen LogP) is 4.03. The third-order valence-corrected chi connectivity index (χ3v) is 6.66. The van der Waals surface area contributed by atoms with E-state index in [2.05, 4.69) is 58.2 Å². The van der Waals surface area contributed by atoms with E-state index >= 15 is 0 Å². The average molecular weight is 435 g/mol. The molecule has 1 aromatic heterocycles. The molecule has 2 aliphatic rings. The van der Waals surface area contributed by atoms with Crippen LogP contribution in [0.2, 0.25) is 0 Å². The summed E-state index contributed by atoms with van der Waals surface area (Å²) < 4.78 is 16.4. The van der Waals surface area contributed by atoms with Gasteiger partial charge in [-0.1, -0.05) is 13.0 Å². The highest BCUT2D eigenvalue weighted by atomic mass is 16.7. The maximum Gasteiger partial charge on any atom is 0.231 e. The fraction of sp³-hybridized carbons (Fsp3) is 0.440. The molecule has 3 aromatic rings. The lowest BCUT2D eigenvalue weighted by molar-refractivity contribution is 0.173. The molecule has 7 heteroatoms. The summed E-state index contributed by atoms with van der Waals surface area (Å²) >= 11 is 0. The van der Waals surface area contributed by atoms with E-state index in [1.54, 1.807) is 7.11 Å². The molecule has 0 atom stereocenters. The number of methoxy groups -OCH3 is 1. The Bertz CT molecular complexity index is 1110. The minimum atomic E-state index is 0.319. The highest BCUT2D eigenvalue weighted by molar-refractivity contribution is 5.94. The minimum absolute atomic E-state index is 0.319. The van der Waals surface area contributed by atoms with Crippen LogP contribution in [0.3, 0.4) is 0 Å². The SMILES string of the molecule is CCc1nnc(N(C)C2CCN(Cc3ccc4c(c3)OCO4)CC2)c2cc(OC)ccc12. The Morgan fingerprint density at radius 3 is 2.62 bits per heavy atom. The summed E-state index contributed by atoms with van der Waals surface area (Å²) in [6, 6.07) is 12.9. The molecule has 168 valence electrons. The molecule has 3 heterocycles. The molecule has 0 spiro atoms. The van der Waals surface area contributed by atoms with Gasteiger partial charge in [0.05, 0.1) is 12.8 Å². The van der Waals surface area contributed by atoms with Crippen LogP contribution in [0.1, 0.15) is 31.0 Å². The number of aromatic nitrogens is 2. The third kappa shape index (κ3) is 3.93. The first-order chi connectivity index (χ1) is 15.7. The molecule has 1 fully saturated rings. The normalized spacial score (nSPS) is 16.5. The number of fused-ring (bicyclic) bond motifs is 2. The Kier molecular flexibility index (Phi) is 5.74.